The van der Waals surface area contributed by atoms with Gasteiger partial charge in [-0.2, -0.15) is 4.57 Å². The van der Waals surface area contributed by atoms with Crippen LogP contribution >= 0.6 is 0 Å². The van der Waals surface area contributed by atoms with E-state index in [4.69, 9.17) is 5.26 Å². The lowest BCUT2D eigenvalue weighted by atomic mass is 10.1. The first-order valence-electron chi connectivity index (χ1n) is 8.31. The molecule has 0 spiro atoms. The van der Waals surface area contributed by atoms with E-state index in [2.05, 4.69) is 95.6 Å². The molecule has 0 atom stereocenters. The molecule has 0 aliphatic carbocycles. The molecular weight excluding hydrogens is 352 g/mol. The molecule has 1 aromatic carbocycles. The van der Waals surface area contributed by atoms with Crippen molar-refractivity contribution in [2.45, 2.75) is 20.4 Å². The fraction of sp³-hybridized carbons (Fsp3) is 0.316. The van der Waals surface area contributed by atoms with Gasteiger partial charge in [0.05, 0.1) is 5.75 Å². The lowest BCUT2D eigenvalue weighted by Crippen LogP contribution is -2.34. The standard InChI is InChI=1S/C17H21N2.C2H6O4S/c1-4-19-14-6-5-7-17(19)13-10-15-8-11-16(12-9-15)18(2)3;1-2-7(4,5)6-3/h5-14H,4H2,1-3H3;3H,2H2,1H3/q+1;/p-1. The van der Waals surface area contributed by atoms with E-state index in [1.165, 1.54) is 23.9 Å². The normalized spacial score (nSPS) is 11.1. The van der Waals surface area contributed by atoms with Gasteiger partial charge in [-0.25, -0.2) is 8.42 Å². The van der Waals surface area contributed by atoms with Gasteiger partial charge < -0.3 is 14.5 Å². The number of aryl methyl sites for hydroxylation is 1. The number of anilines is 1. The van der Waals surface area contributed by atoms with Gasteiger partial charge >= 0.3 is 0 Å². The zero-order valence-corrected chi connectivity index (χ0v) is 16.4. The van der Waals surface area contributed by atoms with Crippen molar-refractivity contribution in [2.75, 3.05) is 24.7 Å². The first-order chi connectivity index (χ1) is 12.3. The number of pyridine rings is 1. The summed E-state index contributed by atoms with van der Waals surface area (Å²) in [6.45, 7) is 4.47. The van der Waals surface area contributed by atoms with Gasteiger partial charge in [0.15, 0.2) is 6.20 Å². The largest absolute Gasteiger partial charge is 0.707 e. The Morgan fingerprint density at radius 2 is 1.73 bits per heavy atom. The second-order valence-electron chi connectivity index (χ2n) is 5.65. The number of hydrogen-bond acceptors (Lipinski definition) is 5. The summed E-state index contributed by atoms with van der Waals surface area (Å²) in [5, 5.41) is 9.09. The van der Waals surface area contributed by atoms with Gasteiger partial charge in [0.25, 0.3) is 10.1 Å². The van der Waals surface area contributed by atoms with Crippen LogP contribution in [0, 0.1) is 0 Å². The number of benzene rings is 1. The van der Waals surface area contributed by atoms with E-state index < -0.39 is 10.1 Å². The molecule has 6 nitrogen and oxygen atoms in total. The average Bonchev–Trinajstić information content (AvgIpc) is 2.67. The minimum atomic E-state index is -3.71. The van der Waals surface area contributed by atoms with Gasteiger partial charge in [-0.1, -0.05) is 12.1 Å². The highest BCUT2D eigenvalue weighted by Gasteiger charge is 2.02. The maximum atomic E-state index is 9.83. The summed E-state index contributed by atoms with van der Waals surface area (Å²) in [7, 11) is 0.396. The highest BCUT2D eigenvalue weighted by Crippen LogP contribution is 2.13. The van der Waals surface area contributed by atoms with Crippen LogP contribution in [-0.2, 0) is 21.0 Å². The van der Waals surface area contributed by atoms with E-state index in [1.54, 1.807) is 0 Å². The third kappa shape index (κ3) is 7.35. The molecule has 2 rings (SSSR count). The molecule has 0 unspecified atom stereocenters. The van der Waals surface area contributed by atoms with Crippen molar-refractivity contribution >= 4 is 28.0 Å². The molecule has 0 saturated carbocycles. The zero-order chi connectivity index (χ0) is 19.6. The summed E-state index contributed by atoms with van der Waals surface area (Å²) in [5.74, 6) is -0.267. The first kappa shape index (κ1) is 21.8. The van der Waals surface area contributed by atoms with Crippen LogP contribution in [-0.4, -0.2) is 28.3 Å². The molecule has 1 aromatic heterocycles. The zero-order valence-electron chi connectivity index (χ0n) is 15.6. The first-order valence-corrected chi connectivity index (χ1v) is 9.88. The molecular formula is C19H26N2O4S. The number of hydrogen-bond donors (Lipinski definition) is 0. The van der Waals surface area contributed by atoms with Gasteiger partial charge in [0, 0.05) is 38.0 Å². The van der Waals surface area contributed by atoms with Crippen LogP contribution in [0.3, 0.4) is 0 Å². The lowest BCUT2D eigenvalue weighted by Gasteiger charge is -2.11. The van der Waals surface area contributed by atoms with E-state index in [9.17, 15) is 8.42 Å². The van der Waals surface area contributed by atoms with Crippen LogP contribution in [0.1, 0.15) is 25.1 Å². The van der Waals surface area contributed by atoms with E-state index in [0.717, 1.165) is 6.54 Å². The number of nitrogens with zero attached hydrogens (tertiary/aromatic N) is 2. The van der Waals surface area contributed by atoms with Crippen molar-refractivity contribution in [3.63, 3.8) is 0 Å². The second-order valence-corrected chi connectivity index (χ2v) is 7.47. The Balaban J connectivity index is 0.000000412. The molecule has 0 aliphatic rings. The summed E-state index contributed by atoms with van der Waals surface area (Å²) in [6.07, 6.45) is 6.42. The summed E-state index contributed by atoms with van der Waals surface area (Å²) in [5.41, 5.74) is 3.67. The van der Waals surface area contributed by atoms with Crippen molar-refractivity contribution in [1.29, 1.82) is 0 Å². The second kappa shape index (κ2) is 10.7. The molecule has 0 fully saturated rings. The van der Waals surface area contributed by atoms with E-state index in [-0.39, 0.29) is 5.75 Å². The van der Waals surface area contributed by atoms with Gasteiger partial charge in [-0.15, -0.1) is 0 Å². The quantitative estimate of drug-likeness (QED) is 0.436. The fourth-order valence-corrected chi connectivity index (χ4v) is 2.14. The summed E-state index contributed by atoms with van der Waals surface area (Å²) < 4.78 is 24.7. The van der Waals surface area contributed by atoms with Crippen LogP contribution in [0.2, 0.25) is 0 Å². The topological polar surface area (TPSA) is 73.5 Å². The van der Waals surface area contributed by atoms with E-state index in [0.29, 0.717) is 0 Å². The monoisotopic (exact) mass is 378 g/mol. The van der Waals surface area contributed by atoms with Crippen molar-refractivity contribution in [3.05, 3.63) is 59.9 Å². The Bertz CT molecular complexity index is 791. The Morgan fingerprint density at radius 1 is 1.08 bits per heavy atom. The molecule has 0 N–H and O–H groups in total. The smallest absolute Gasteiger partial charge is 0.258 e. The van der Waals surface area contributed by atoms with Gasteiger partial charge in [0.1, 0.15) is 6.54 Å². The summed E-state index contributed by atoms with van der Waals surface area (Å²) in [4.78, 5) is 2.11. The Morgan fingerprint density at radius 3 is 2.19 bits per heavy atom. The highest BCUT2D eigenvalue weighted by atomic mass is 32.2. The number of aromatic nitrogens is 1. The van der Waals surface area contributed by atoms with Gasteiger partial charge in [-0.05, 0) is 43.7 Å². The predicted molar refractivity (Wildman–Crippen MR) is 103 cm³/mol. The SMILES string of the molecule is CCS(=O)(=O)O[O-].CC[n+]1ccccc1/C=C/c1ccc(N(C)C)cc1. The van der Waals surface area contributed by atoms with Crippen molar-refractivity contribution in [1.82, 2.24) is 0 Å². The van der Waals surface area contributed by atoms with Crippen LogP contribution in [0.5, 0.6) is 0 Å². The average molecular weight is 378 g/mol. The molecule has 142 valence electrons. The molecule has 0 bridgehead atoms. The van der Waals surface area contributed by atoms with E-state index in [1.807, 2.05) is 0 Å². The Hall–Kier alpha value is -2.22. The Labute approximate surface area is 156 Å². The van der Waals surface area contributed by atoms with Crippen LogP contribution in [0.15, 0.2) is 48.7 Å². The summed E-state index contributed by atoms with van der Waals surface area (Å²) >= 11 is 0. The highest BCUT2D eigenvalue weighted by molar-refractivity contribution is 7.86. The molecule has 0 saturated heterocycles. The maximum absolute atomic E-state index is 9.83. The molecule has 0 aliphatic heterocycles. The van der Waals surface area contributed by atoms with Crippen LogP contribution < -0.4 is 14.7 Å². The van der Waals surface area contributed by atoms with Crippen molar-refractivity contribution in [3.8, 4) is 0 Å². The minimum absolute atomic E-state index is 0.267. The summed E-state index contributed by atoms with van der Waals surface area (Å²) in [6, 6.07) is 14.8. The lowest BCUT2D eigenvalue weighted by molar-refractivity contribution is -0.695. The molecule has 0 amide bonds. The van der Waals surface area contributed by atoms with E-state index >= 15 is 0 Å². The molecule has 2 aromatic rings. The third-order valence-electron chi connectivity index (χ3n) is 3.63. The number of rotatable bonds is 6. The van der Waals surface area contributed by atoms with Crippen molar-refractivity contribution in [2.24, 2.45) is 0 Å². The van der Waals surface area contributed by atoms with Crippen LogP contribution in [0.4, 0.5) is 5.69 Å². The maximum Gasteiger partial charge on any atom is 0.258 e. The van der Waals surface area contributed by atoms with Gasteiger partial charge in [-0.3, -0.25) is 0 Å². The molecule has 1 heterocycles. The molecule has 0 radical (unpaired) electrons. The third-order valence-corrected chi connectivity index (χ3v) is 4.54. The van der Waals surface area contributed by atoms with Crippen molar-refractivity contribution < 1.29 is 22.6 Å². The molecule has 7 heteroatoms. The van der Waals surface area contributed by atoms with Gasteiger partial charge in [0.2, 0.25) is 5.69 Å². The predicted octanol–water partition coefficient (Wildman–Crippen LogP) is 1.86. The minimum Gasteiger partial charge on any atom is -0.707 e. The fourth-order valence-electron chi connectivity index (χ4n) is 2.04. The Kier molecular flexibility index (Phi) is 8.98. The molecule has 26 heavy (non-hydrogen) atoms. The van der Waals surface area contributed by atoms with Crippen LogP contribution in [0.25, 0.3) is 12.2 Å².